The molecule has 34 heavy (non-hydrogen) atoms. The van der Waals surface area contributed by atoms with Crippen molar-refractivity contribution in [2.45, 2.75) is 83.0 Å². The van der Waals surface area contributed by atoms with E-state index in [1.807, 2.05) is 42.2 Å². The lowest BCUT2D eigenvalue weighted by molar-refractivity contribution is -0.139. The Hall–Kier alpha value is -2.81. The predicted octanol–water partition coefficient (Wildman–Crippen LogP) is 2.45. The summed E-state index contributed by atoms with van der Waals surface area (Å²) in [6.45, 7) is 3.19. The van der Waals surface area contributed by atoms with Crippen molar-refractivity contribution in [1.82, 2.24) is 35.7 Å². The maximum absolute atomic E-state index is 14.0. The number of nitrogens with zero attached hydrogens (tertiary/aromatic N) is 5. The monoisotopic (exact) mass is 467 g/mol. The molecule has 0 spiro atoms. The molecule has 9 nitrogen and oxygen atoms in total. The number of rotatable bonds is 9. The molecule has 1 aliphatic heterocycles. The van der Waals surface area contributed by atoms with Gasteiger partial charge in [0.25, 0.3) is 0 Å². The first-order valence-electron chi connectivity index (χ1n) is 12.7. The summed E-state index contributed by atoms with van der Waals surface area (Å²) in [4.78, 5) is 28.8. The highest BCUT2D eigenvalue weighted by molar-refractivity contribution is 5.90. The molecule has 1 aromatic carbocycles. The molecule has 1 aliphatic carbocycles. The second-order valence-electron chi connectivity index (χ2n) is 9.50. The largest absolute Gasteiger partial charge is 0.343 e. The molecule has 1 saturated heterocycles. The lowest BCUT2D eigenvalue weighted by Crippen LogP contribution is -2.56. The van der Waals surface area contributed by atoms with Crippen LogP contribution in [-0.2, 0) is 16.1 Å². The summed E-state index contributed by atoms with van der Waals surface area (Å²) in [5.74, 6) is 0.785. The summed E-state index contributed by atoms with van der Waals surface area (Å²) in [6.07, 6.45) is 7.73. The number of aromatic nitrogens is 4. The fraction of sp³-hybridized carbons (Fsp3) is 0.640. The third-order valence-corrected chi connectivity index (χ3v) is 7.33. The number of carbonyl (C=O) groups excluding carboxylic acids is 2. The predicted molar refractivity (Wildman–Crippen MR) is 129 cm³/mol. The van der Waals surface area contributed by atoms with Gasteiger partial charge in [0.05, 0.1) is 18.6 Å². The molecular formula is C25H37N7O2. The number of likely N-dealkylation sites (N-methyl/N-ethyl adjacent to an activating group) is 1. The lowest BCUT2D eigenvalue weighted by atomic mass is 9.83. The van der Waals surface area contributed by atoms with Crippen LogP contribution >= 0.6 is 0 Å². The van der Waals surface area contributed by atoms with E-state index in [1.165, 1.54) is 6.42 Å². The molecule has 4 rings (SSSR count). The molecule has 2 amide bonds. The van der Waals surface area contributed by atoms with Gasteiger partial charge in [0, 0.05) is 6.54 Å². The third kappa shape index (κ3) is 5.46. The van der Waals surface area contributed by atoms with Gasteiger partial charge in [-0.25, -0.2) is 4.68 Å². The van der Waals surface area contributed by atoms with E-state index in [0.29, 0.717) is 25.3 Å². The molecule has 184 valence electrons. The second-order valence-corrected chi connectivity index (χ2v) is 9.50. The fourth-order valence-corrected chi connectivity index (χ4v) is 5.42. The Morgan fingerprint density at radius 2 is 1.85 bits per heavy atom. The van der Waals surface area contributed by atoms with Gasteiger partial charge in [-0.1, -0.05) is 56.5 Å². The lowest BCUT2D eigenvalue weighted by Gasteiger charge is -2.35. The summed E-state index contributed by atoms with van der Waals surface area (Å²) < 4.78 is 1.80. The highest BCUT2D eigenvalue weighted by atomic mass is 16.2. The summed E-state index contributed by atoms with van der Waals surface area (Å²) in [6, 6.07) is 9.08. The van der Waals surface area contributed by atoms with Crippen LogP contribution in [0.4, 0.5) is 0 Å². The normalized spacial score (nSPS) is 20.8. The zero-order valence-corrected chi connectivity index (χ0v) is 20.3. The summed E-state index contributed by atoms with van der Waals surface area (Å²) in [5, 5.41) is 18.7. The van der Waals surface area contributed by atoms with E-state index in [1.54, 1.807) is 11.7 Å². The first-order valence-corrected chi connectivity index (χ1v) is 12.7. The van der Waals surface area contributed by atoms with Gasteiger partial charge in [0.15, 0.2) is 5.82 Å². The highest BCUT2D eigenvalue weighted by Gasteiger charge is 2.40. The molecule has 0 radical (unpaired) electrons. The van der Waals surface area contributed by atoms with Crippen LogP contribution in [0, 0.1) is 5.92 Å². The Labute approximate surface area is 201 Å². The van der Waals surface area contributed by atoms with Gasteiger partial charge in [0.1, 0.15) is 6.04 Å². The zero-order valence-electron chi connectivity index (χ0n) is 20.3. The van der Waals surface area contributed by atoms with Gasteiger partial charge in [-0.15, -0.1) is 5.10 Å². The van der Waals surface area contributed by atoms with Crippen LogP contribution < -0.4 is 10.6 Å². The summed E-state index contributed by atoms with van der Waals surface area (Å²) in [7, 11) is 1.79. The number of likely N-dealkylation sites (tertiary alicyclic amines) is 1. The average molecular weight is 468 g/mol. The van der Waals surface area contributed by atoms with Crippen molar-refractivity contribution in [1.29, 1.82) is 0 Å². The van der Waals surface area contributed by atoms with Gasteiger partial charge in [-0.05, 0) is 61.1 Å². The molecule has 1 saturated carbocycles. The van der Waals surface area contributed by atoms with E-state index in [2.05, 4.69) is 26.2 Å². The zero-order chi connectivity index (χ0) is 23.9. The molecule has 0 unspecified atom stereocenters. The van der Waals surface area contributed by atoms with E-state index in [0.717, 1.165) is 44.1 Å². The first-order chi connectivity index (χ1) is 16.6. The Morgan fingerprint density at radius 1 is 1.09 bits per heavy atom. The van der Waals surface area contributed by atoms with Crippen molar-refractivity contribution in [3.63, 3.8) is 0 Å². The van der Waals surface area contributed by atoms with Gasteiger partial charge in [-0.3, -0.25) is 9.59 Å². The number of nitrogens with one attached hydrogen (secondary N) is 2. The number of amides is 2. The van der Waals surface area contributed by atoms with Crippen LogP contribution in [0.5, 0.6) is 0 Å². The van der Waals surface area contributed by atoms with E-state index < -0.39 is 6.04 Å². The van der Waals surface area contributed by atoms with Crippen molar-refractivity contribution < 1.29 is 9.59 Å². The molecule has 1 aromatic heterocycles. The van der Waals surface area contributed by atoms with Gasteiger partial charge >= 0.3 is 0 Å². The van der Waals surface area contributed by atoms with Gasteiger partial charge < -0.3 is 15.5 Å². The molecule has 0 bridgehead atoms. The van der Waals surface area contributed by atoms with Crippen molar-refractivity contribution in [3.05, 3.63) is 41.7 Å². The van der Waals surface area contributed by atoms with Crippen LogP contribution in [0.15, 0.2) is 30.3 Å². The van der Waals surface area contributed by atoms with Crippen LogP contribution in [-0.4, -0.2) is 62.6 Å². The van der Waals surface area contributed by atoms with Crippen LogP contribution in [0.25, 0.3) is 0 Å². The van der Waals surface area contributed by atoms with Gasteiger partial charge in [-0.2, -0.15) is 0 Å². The second kappa shape index (κ2) is 11.6. The Kier molecular flexibility index (Phi) is 8.26. The SMILES string of the molecule is CC[C@H](NC)C(=O)N[C@H](C(=O)N1CCC[C@H]1c1nnnn1Cc1ccccc1)C1CCCCC1. The molecule has 2 aliphatic rings. The molecular weight excluding hydrogens is 430 g/mol. The Balaban J connectivity index is 1.55. The minimum absolute atomic E-state index is 0.00275. The quantitative estimate of drug-likeness (QED) is 0.587. The van der Waals surface area contributed by atoms with Crippen molar-refractivity contribution in [3.8, 4) is 0 Å². The van der Waals surface area contributed by atoms with E-state index >= 15 is 0 Å². The topological polar surface area (TPSA) is 105 Å². The summed E-state index contributed by atoms with van der Waals surface area (Å²) in [5.41, 5.74) is 1.11. The number of benzene rings is 1. The Bertz CT molecular complexity index is 938. The van der Waals surface area contributed by atoms with Crippen molar-refractivity contribution in [2.75, 3.05) is 13.6 Å². The minimum Gasteiger partial charge on any atom is -0.343 e. The van der Waals surface area contributed by atoms with E-state index in [9.17, 15) is 9.59 Å². The molecule has 2 N–H and O–H groups in total. The summed E-state index contributed by atoms with van der Waals surface area (Å²) >= 11 is 0. The third-order valence-electron chi connectivity index (χ3n) is 7.33. The first kappa shape index (κ1) is 24.3. The fourth-order valence-electron chi connectivity index (χ4n) is 5.42. The van der Waals surface area contributed by atoms with Gasteiger partial charge in [0.2, 0.25) is 11.8 Å². The standard InChI is InChI=1S/C25H37N7O2/c1-3-20(26-2)24(33)27-22(19-13-8-5-9-14-19)25(34)31-16-10-15-21(31)23-28-29-30-32(23)17-18-11-6-4-7-12-18/h4,6-7,11-12,19-22,26H,3,5,8-10,13-17H2,1-2H3,(H,27,33)/t20-,21-,22-/m0/s1. The Morgan fingerprint density at radius 3 is 2.56 bits per heavy atom. The van der Waals surface area contributed by atoms with E-state index in [-0.39, 0.29) is 29.8 Å². The molecule has 3 atom stereocenters. The molecule has 2 aromatic rings. The molecule has 2 heterocycles. The molecule has 2 fully saturated rings. The number of tetrazole rings is 1. The van der Waals surface area contributed by atoms with Crippen LogP contribution in [0.2, 0.25) is 0 Å². The maximum Gasteiger partial charge on any atom is 0.246 e. The van der Waals surface area contributed by atoms with E-state index in [4.69, 9.17) is 0 Å². The highest BCUT2D eigenvalue weighted by Crippen LogP contribution is 2.34. The number of carbonyl (C=O) groups is 2. The number of hydrogen-bond donors (Lipinski definition) is 2. The number of hydrogen-bond acceptors (Lipinski definition) is 6. The minimum atomic E-state index is -0.505. The van der Waals surface area contributed by atoms with Crippen LogP contribution in [0.1, 0.15) is 75.7 Å². The maximum atomic E-state index is 14.0. The van der Waals surface area contributed by atoms with Crippen LogP contribution in [0.3, 0.4) is 0 Å². The average Bonchev–Trinajstić information content (AvgIpc) is 3.53. The van der Waals surface area contributed by atoms with Crippen molar-refractivity contribution >= 4 is 11.8 Å². The van der Waals surface area contributed by atoms with Crippen molar-refractivity contribution in [2.24, 2.45) is 5.92 Å². The smallest absolute Gasteiger partial charge is 0.246 e. The molecule has 9 heteroatoms.